The number of ether oxygens (including phenoxy) is 1. The summed E-state index contributed by atoms with van der Waals surface area (Å²) >= 11 is 0. The first-order chi connectivity index (χ1) is 12.2. The smallest absolute Gasteiger partial charge is 0.244 e. The lowest BCUT2D eigenvalue weighted by Gasteiger charge is -2.40. The van der Waals surface area contributed by atoms with Gasteiger partial charge in [-0.3, -0.25) is 14.7 Å². The van der Waals surface area contributed by atoms with Crippen molar-refractivity contribution in [2.45, 2.75) is 37.3 Å². The van der Waals surface area contributed by atoms with Crippen LogP contribution in [-0.4, -0.2) is 70.8 Å². The van der Waals surface area contributed by atoms with Gasteiger partial charge in [0.1, 0.15) is 6.04 Å². The number of pyridine rings is 1. The Morgan fingerprint density at radius 2 is 1.96 bits per heavy atom. The lowest BCUT2D eigenvalue weighted by molar-refractivity contribution is -0.141. The molecule has 2 aliphatic heterocycles. The summed E-state index contributed by atoms with van der Waals surface area (Å²) in [6.45, 7) is 4.35. The Balaban J connectivity index is 1.48. The maximum absolute atomic E-state index is 13.3. The fourth-order valence-electron chi connectivity index (χ4n) is 4.23. The molecule has 25 heavy (non-hydrogen) atoms. The summed E-state index contributed by atoms with van der Waals surface area (Å²) < 4.78 is 5.46. The third-order valence-corrected chi connectivity index (χ3v) is 5.97. The molecule has 1 aromatic rings. The van der Waals surface area contributed by atoms with Gasteiger partial charge in [0.15, 0.2) is 0 Å². The van der Waals surface area contributed by atoms with Crippen LogP contribution in [0.5, 0.6) is 0 Å². The Hall–Kier alpha value is -1.50. The van der Waals surface area contributed by atoms with Gasteiger partial charge in [-0.1, -0.05) is 6.07 Å². The molecule has 136 valence electrons. The minimum Gasteiger partial charge on any atom is -0.390 e. The molecular formula is C19H27N3O3. The molecule has 1 atom stereocenters. The number of nitrogens with zero attached hydrogens (tertiary/aromatic N) is 3. The minimum atomic E-state index is -0.428. The van der Waals surface area contributed by atoms with Crippen LogP contribution in [0.1, 0.15) is 37.3 Å². The van der Waals surface area contributed by atoms with E-state index < -0.39 is 5.60 Å². The quantitative estimate of drug-likeness (QED) is 0.889. The summed E-state index contributed by atoms with van der Waals surface area (Å²) in [4.78, 5) is 21.7. The van der Waals surface area contributed by atoms with Crippen LogP contribution in [0.25, 0.3) is 0 Å². The molecule has 3 fully saturated rings. The van der Waals surface area contributed by atoms with Gasteiger partial charge in [-0.25, -0.2) is 0 Å². The third-order valence-electron chi connectivity index (χ3n) is 5.97. The van der Waals surface area contributed by atoms with Crippen LogP contribution >= 0.6 is 0 Å². The molecule has 3 heterocycles. The molecule has 2 saturated heterocycles. The van der Waals surface area contributed by atoms with Crippen molar-refractivity contribution < 1.29 is 14.6 Å². The van der Waals surface area contributed by atoms with E-state index in [4.69, 9.17) is 4.74 Å². The molecule has 1 aliphatic carbocycles. The highest BCUT2D eigenvalue weighted by Gasteiger charge is 2.48. The van der Waals surface area contributed by atoms with Gasteiger partial charge in [-0.2, -0.15) is 0 Å². The normalized spacial score (nSPS) is 25.6. The molecule has 6 heteroatoms. The summed E-state index contributed by atoms with van der Waals surface area (Å²) in [5.74, 6) is 0.521. The maximum atomic E-state index is 13.3. The average molecular weight is 345 g/mol. The number of hydrogen-bond donors (Lipinski definition) is 1. The molecule has 0 spiro atoms. The van der Waals surface area contributed by atoms with Crippen LogP contribution in [0.3, 0.4) is 0 Å². The largest absolute Gasteiger partial charge is 0.390 e. The van der Waals surface area contributed by atoms with E-state index in [1.807, 2.05) is 17.0 Å². The highest BCUT2D eigenvalue weighted by molar-refractivity contribution is 5.83. The Bertz CT molecular complexity index is 591. The summed E-state index contributed by atoms with van der Waals surface area (Å²) in [5, 5.41) is 10.3. The molecule has 1 N–H and O–H groups in total. The van der Waals surface area contributed by atoms with Crippen LogP contribution in [0, 0.1) is 5.92 Å². The number of carbonyl (C=O) groups is 1. The first-order valence-corrected chi connectivity index (χ1v) is 9.40. The maximum Gasteiger partial charge on any atom is 0.244 e. The van der Waals surface area contributed by atoms with E-state index in [2.05, 4.69) is 9.88 Å². The molecule has 0 radical (unpaired) electrons. The van der Waals surface area contributed by atoms with Gasteiger partial charge < -0.3 is 14.7 Å². The molecule has 0 bridgehead atoms. The Kier molecular flexibility index (Phi) is 4.75. The van der Waals surface area contributed by atoms with Gasteiger partial charge in [0, 0.05) is 38.6 Å². The van der Waals surface area contributed by atoms with Gasteiger partial charge in [0.2, 0.25) is 5.91 Å². The Morgan fingerprint density at radius 1 is 1.24 bits per heavy atom. The van der Waals surface area contributed by atoms with E-state index in [1.54, 1.807) is 12.4 Å². The van der Waals surface area contributed by atoms with Crippen molar-refractivity contribution in [2.24, 2.45) is 5.92 Å². The summed E-state index contributed by atoms with van der Waals surface area (Å²) in [6.07, 6.45) is 7.22. The van der Waals surface area contributed by atoms with Crippen molar-refractivity contribution in [3.63, 3.8) is 0 Å². The van der Waals surface area contributed by atoms with Crippen LogP contribution < -0.4 is 0 Å². The third kappa shape index (κ3) is 3.57. The zero-order valence-electron chi connectivity index (χ0n) is 14.6. The second kappa shape index (κ2) is 7.02. The molecule has 3 aliphatic rings. The number of aromatic nitrogens is 1. The van der Waals surface area contributed by atoms with E-state index in [-0.39, 0.29) is 11.9 Å². The number of carbonyl (C=O) groups excluding carboxylic acids is 1. The number of hydrogen-bond acceptors (Lipinski definition) is 5. The fourth-order valence-corrected chi connectivity index (χ4v) is 4.23. The van der Waals surface area contributed by atoms with Gasteiger partial charge >= 0.3 is 0 Å². The highest BCUT2D eigenvalue weighted by Crippen LogP contribution is 2.46. The SMILES string of the molecule is O=C(C(c1cccnc1)N1CCOCC1)N1CCC(C2(O)CC2)CC1. The second-order valence-electron chi connectivity index (χ2n) is 7.54. The topological polar surface area (TPSA) is 65.9 Å². The molecular weight excluding hydrogens is 318 g/mol. The number of aliphatic hydroxyl groups is 1. The lowest BCUT2D eigenvalue weighted by Crippen LogP contribution is -2.50. The molecule has 1 unspecified atom stereocenters. The van der Waals surface area contributed by atoms with Crippen LogP contribution in [0.2, 0.25) is 0 Å². The predicted molar refractivity (Wildman–Crippen MR) is 92.9 cm³/mol. The first-order valence-electron chi connectivity index (χ1n) is 9.40. The predicted octanol–water partition coefficient (Wildman–Crippen LogP) is 1.22. The van der Waals surface area contributed by atoms with E-state index in [9.17, 15) is 9.90 Å². The van der Waals surface area contributed by atoms with Crippen molar-refractivity contribution in [3.8, 4) is 0 Å². The Labute approximate surface area is 148 Å². The first kappa shape index (κ1) is 16.9. The van der Waals surface area contributed by atoms with Gasteiger partial charge in [0.25, 0.3) is 0 Å². The zero-order chi connectivity index (χ0) is 17.3. The number of morpholine rings is 1. The molecule has 0 aromatic carbocycles. The summed E-state index contributed by atoms with van der Waals surface area (Å²) in [5.41, 5.74) is 0.527. The number of likely N-dealkylation sites (tertiary alicyclic amines) is 1. The molecule has 1 saturated carbocycles. The number of rotatable bonds is 4. The van der Waals surface area contributed by atoms with E-state index in [0.717, 1.165) is 57.4 Å². The van der Waals surface area contributed by atoms with Crippen LogP contribution in [0.15, 0.2) is 24.5 Å². The van der Waals surface area contributed by atoms with Crippen molar-refractivity contribution >= 4 is 5.91 Å². The molecule has 1 aromatic heterocycles. The van der Waals surface area contributed by atoms with E-state index >= 15 is 0 Å². The van der Waals surface area contributed by atoms with Crippen molar-refractivity contribution in [3.05, 3.63) is 30.1 Å². The lowest BCUT2D eigenvalue weighted by atomic mass is 9.89. The van der Waals surface area contributed by atoms with E-state index in [0.29, 0.717) is 19.1 Å². The van der Waals surface area contributed by atoms with Crippen LogP contribution in [-0.2, 0) is 9.53 Å². The summed E-state index contributed by atoms with van der Waals surface area (Å²) in [6, 6.07) is 3.61. The minimum absolute atomic E-state index is 0.163. The number of amides is 1. The Morgan fingerprint density at radius 3 is 2.56 bits per heavy atom. The second-order valence-corrected chi connectivity index (χ2v) is 7.54. The van der Waals surface area contributed by atoms with Crippen molar-refractivity contribution in [2.75, 3.05) is 39.4 Å². The van der Waals surface area contributed by atoms with Gasteiger partial charge in [-0.05, 0) is 43.2 Å². The number of piperidine rings is 1. The standard InChI is InChI=1S/C19H27N3O3/c23-18(22-8-3-16(4-9-22)19(24)5-6-19)17(15-2-1-7-20-14-15)21-10-12-25-13-11-21/h1-2,7,14,16-17,24H,3-6,8-13H2. The van der Waals surface area contributed by atoms with Crippen LogP contribution in [0.4, 0.5) is 0 Å². The zero-order valence-corrected chi connectivity index (χ0v) is 14.6. The average Bonchev–Trinajstić information content (AvgIpc) is 3.42. The van der Waals surface area contributed by atoms with Gasteiger partial charge in [0.05, 0.1) is 18.8 Å². The van der Waals surface area contributed by atoms with E-state index in [1.165, 1.54) is 0 Å². The monoisotopic (exact) mass is 345 g/mol. The summed E-state index contributed by atoms with van der Waals surface area (Å²) in [7, 11) is 0. The molecule has 1 amide bonds. The van der Waals surface area contributed by atoms with Gasteiger partial charge in [-0.15, -0.1) is 0 Å². The van der Waals surface area contributed by atoms with Crippen molar-refractivity contribution in [1.82, 2.24) is 14.8 Å². The highest BCUT2D eigenvalue weighted by atomic mass is 16.5. The van der Waals surface area contributed by atoms with Crippen molar-refractivity contribution in [1.29, 1.82) is 0 Å². The molecule has 4 rings (SSSR count). The fraction of sp³-hybridized carbons (Fsp3) is 0.684. The molecule has 6 nitrogen and oxygen atoms in total.